The van der Waals surface area contributed by atoms with Crippen LogP contribution in [0.5, 0.6) is 0 Å². The molecule has 0 aliphatic heterocycles. The number of nitrogens with zero attached hydrogens (tertiary/aromatic N) is 2. The van der Waals surface area contributed by atoms with Gasteiger partial charge in [-0.2, -0.15) is 0 Å². The van der Waals surface area contributed by atoms with Gasteiger partial charge in [0.1, 0.15) is 12.6 Å². The molecule has 0 aromatic heterocycles. The van der Waals surface area contributed by atoms with E-state index in [0.717, 1.165) is 21.7 Å². The molecule has 0 aliphatic carbocycles. The normalized spacial score (nSPS) is 12.5. The van der Waals surface area contributed by atoms with E-state index in [0.29, 0.717) is 17.3 Å². The molecule has 0 unspecified atom stereocenters. The van der Waals surface area contributed by atoms with Crippen molar-refractivity contribution in [2.24, 2.45) is 5.92 Å². The molecule has 0 saturated carbocycles. The Morgan fingerprint density at radius 3 is 2.14 bits per heavy atom. The molecule has 0 aliphatic rings. The van der Waals surface area contributed by atoms with Crippen LogP contribution in [-0.4, -0.2) is 50.5 Å². The molecule has 2 amide bonds. The SMILES string of the molecule is CC(C)CNC(=O)[C@@H](C)N(Cc1cccc(Cl)c1)C(=O)CN(c1ccc(C(C)C)cc1)S(C)(=O)=O. The number of hydrogen-bond acceptors (Lipinski definition) is 4. The Morgan fingerprint density at radius 1 is 1.00 bits per heavy atom. The second-order valence-electron chi connectivity index (χ2n) is 9.48. The summed E-state index contributed by atoms with van der Waals surface area (Å²) in [6.07, 6.45) is 1.07. The van der Waals surface area contributed by atoms with Gasteiger partial charge in [-0.1, -0.05) is 63.6 Å². The van der Waals surface area contributed by atoms with Gasteiger partial charge in [0.15, 0.2) is 0 Å². The van der Waals surface area contributed by atoms with Crippen LogP contribution in [0.1, 0.15) is 51.7 Å². The van der Waals surface area contributed by atoms with Gasteiger partial charge in [0.2, 0.25) is 21.8 Å². The molecule has 1 atom stereocenters. The average Bonchev–Trinajstić information content (AvgIpc) is 2.78. The molecule has 0 fully saturated rings. The number of carbonyl (C=O) groups is 2. The predicted octanol–water partition coefficient (Wildman–Crippen LogP) is 4.42. The summed E-state index contributed by atoms with van der Waals surface area (Å²) in [5.41, 5.74) is 2.19. The van der Waals surface area contributed by atoms with Gasteiger partial charge in [0, 0.05) is 18.1 Å². The van der Waals surface area contributed by atoms with Crippen LogP contribution >= 0.6 is 11.6 Å². The first-order valence-corrected chi connectivity index (χ1v) is 13.9. The van der Waals surface area contributed by atoms with Crippen LogP contribution in [0.15, 0.2) is 48.5 Å². The average molecular weight is 522 g/mol. The molecule has 0 heterocycles. The maximum absolute atomic E-state index is 13.5. The maximum Gasteiger partial charge on any atom is 0.244 e. The lowest BCUT2D eigenvalue weighted by Gasteiger charge is -2.31. The largest absolute Gasteiger partial charge is 0.354 e. The molecular formula is C26H36ClN3O4S. The van der Waals surface area contributed by atoms with Gasteiger partial charge in [-0.25, -0.2) is 8.42 Å². The lowest BCUT2D eigenvalue weighted by atomic mass is 10.0. The summed E-state index contributed by atoms with van der Waals surface area (Å²) < 4.78 is 26.4. The molecule has 35 heavy (non-hydrogen) atoms. The van der Waals surface area contributed by atoms with Crippen molar-refractivity contribution in [3.05, 3.63) is 64.7 Å². The summed E-state index contributed by atoms with van der Waals surface area (Å²) in [4.78, 5) is 27.8. The van der Waals surface area contributed by atoms with E-state index in [1.807, 2.05) is 45.9 Å². The first-order chi connectivity index (χ1) is 16.3. The fraction of sp³-hybridized carbons (Fsp3) is 0.462. The van der Waals surface area contributed by atoms with Gasteiger partial charge in [-0.05, 0) is 54.2 Å². The van der Waals surface area contributed by atoms with Crippen LogP contribution in [0, 0.1) is 5.92 Å². The first-order valence-electron chi connectivity index (χ1n) is 11.7. The lowest BCUT2D eigenvalue weighted by molar-refractivity contribution is -0.139. The monoisotopic (exact) mass is 521 g/mol. The fourth-order valence-electron chi connectivity index (χ4n) is 3.51. The minimum Gasteiger partial charge on any atom is -0.354 e. The van der Waals surface area contributed by atoms with Crippen molar-refractivity contribution in [2.45, 2.75) is 53.1 Å². The molecule has 0 saturated heterocycles. The zero-order valence-corrected chi connectivity index (χ0v) is 22.9. The minimum absolute atomic E-state index is 0.111. The summed E-state index contributed by atoms with van der Waals surface area (Å²) in [6.45, 7) is 9.85. The number of benzene rings is 2. The molecule has 7 nitrogen and oxygen atoms in total. The second-order valence-corrected chi connectivity index (χ2v) is 11.8. The number of amides is 2. The van der Waals surface area contributed by atoms with E-state index < -0.39 is 28.5 Å². The van der Waals surface area contributed by atoms with Crippen molar-refractivity contribution in [3.8, 4) is 0 Å². The van der Waals surface area contributed by atoms with Crippen LogP contribution in [-0.2, 0) is 26.2 Å². The standard InChI is InChI=1S/C26H36ClN3O4S/c1-18(2)15-28-26(32)20(5)29(16-21-8-7-9-23(27)14-21)25(31)17-30(35(6,33)34)24-12-10-22(11-13-24)19(3)4/h7-14,18-20H,15-17H2,1-6H3,(H,28,32)/t20-/m1/s1. The Morgan fingerprint density at radius 2 is 1.63 bits per heavy atom. The molecule has 2 aromatic rings. The Balaban J connectivity index is 2.36. The van der Waals surface area contributed by atoms with E-state index in [-0.39, 0.29) is 24.3 Å². The van der Waals surface area contributed by atoms with E-state index in [1.54, 1.807) is 37.3 Å². The van der Waals surface area contributed by atoms with E-state index >= 15 is 0 Å². The summed E-state index contributed by atoms with van der Waals surface area (Å²) in [5, 5.41) is 3.36. The van der Waals surface area contributed by atoms with Gasteiger partial charge >= 0.3 is 0 Å². The Hall–Kier alpha value is -2.58. The van der Waals surface area contributed by atoms with E-state index in [2.05, 4.69) is 5.32 Å². The highest BCUT2D eigenvalue weighted by molar-refractivity contribution is 7.92. The van der Waals surface area contributed by atoms with Crippen LogP contribution < -0.4 is 9.62 Å². The molecule has 0 spiro atoms. The minimum atomic E-state index is -3.76. The van der Waals surface area contributed by atoms with Crippen LogP contribution in [0.4, 0.5) is 5.69 Å². The maximum atomic E-state index is 13.5. The topological polar surface area (TPSA) is 86.8 Å². The van der Waals surface area contributed by atoms with Crippen LogP contribution in [0.25, 0.3) is 0 Å². The predicted molar refractivity (Wildman–Crippen MR) is 142 cm³/mol. The molecular weight excluding hydrogens is 486 g/mol. The quantitative estimate of drug-likeness (QED) is 0.474. The van der Waals surface area contributed by atoms with Gasteiger partial charge < -0.3 is 10.2 Å². The van der Waals surface area contributed by atoms with Gasteiger partial charge in [-0.15, -0.1) is 0 Å². The van der Waals surface area contributed by atoms with Crippen molar-refractivity contribution in [3.63, 3.8) is 0 Å². The Bertz CT molecular complexity index is 1120. The van der Waals surface area contributed by atoms with E-state index in [4.69, 9.17) is 11.6 Å². The fourth-order valence-corrected chi connectivity index (χ4v) is 4.57. The second kappa shape index (κ2) is 12.4. The van der Waals surface area contributed by atoms with Crippen molar-refractivity contribution in [1.82, 2.24) is 10.2 Å². The Kier molecular flexibility index (Phi) is 10.2. The summed E-state index contributed by atoms with van der Waals surface area (Å²) in [5.74, 6) is -0.259. The zero-order valence-electron chi connectivity index (χ0n) is 21.3. The first kappa shape index (κ1) is 28.7. The molecule has 0 radical (unpaired) electrons. The van der Waals surface area contributed by atoms with Crippen LogP contribution in [0.2, 0.25) is 5.02 Å². The number of anilines is 1. The highest BCUT2D eigenvalue weighted by Crippen LogP contribution is 2.23. The van der Waals surface area contributed by atoms with Crippen LogP contribution in [0.3, 0.4) is 0 Å². The number of sulfonamides is 1. The van der Waals surface area contributed by atoms with Gasteiger partial charge in [0.05, 0.1) is 11.9 Å². The number of nitrogens with one attached hydrogen (secondary N) is 1. The number of rotatable bonds is 11. The van der Waals surface area contributed by atoms with Crippen molar-refractivity contribution >= 4 is 39.1 Å². The van der Waals surface area contributed by atoms with E-state index in [1.165, 1.54) is 4.90 Å². The van der Waals surface area contributed by atoms with Crippen molar-refractivity contribution < 1.29 is 18.0 Å². The van der Waals surface area contributed by atoms with E-state index in [9.17, 15) is 18.0 Å². The third-order valence-electron chi connectivity index (χ3n) is 5.62. The van der Waals surface area contributed by atoms with Crippen molar-refractivity contribution in [1.29, 1.82) is 0 Å². The highest BCUT2D eigenvalue weighted by Gasteiger charge is 2.30. The third-order valence-corrected chi connectivity index (χ3v) is 7.00. The molecule has 192 valence electrons. The molecule has 2 rings (SSSR count). The van der Waals surface area contributed by atoms with Gasteiger partial charge in [-0.3, -0.25) is 13.9 Å². The molecule has 2 aromatic carbocycles. The Labute approximate surface area is 214 Å². The molecule has 1 N–H and O–H groups in total. The lowest BCUT2D eigenvalue weighted by Crippen LogP contribution is -2.51. The summed E-state index contributed by atoms with van der Waals surface area (Å²) in [6, 6.07) is 13.3. The highest BCUT2D eigenvalue weighted by atomic mass is 35.5. The number of halogens is 1. The summed E-state index contributed by atoms with van der Waals surface area (Å²) >= 11 is 6.12. The smallest absolute Gasteiger partial charge is 0.244 e. The van der Waals surface area contributed by atoms with Crippen molar-refractivity contribution in [2.75, 3.05) is 23.7 Å². The number of carbonyl (C=O) groups excluding carboxylic acids is 2. The molecule has 0 bridgehead atoms. The number of hydrogen-bond donors (Lipinski definition) is 1. The zero-order chi connectivity index (χ0) is 26.3. The molecule has 9 heteroatoms. The third kappa shape index (κ3) is 8.54. The van der Waals surface area contributed by atoms with Gasteiger partial charge in [0.25, 0.3) is 0 Å². The summed E-state index contributed by atoms with van der Waals surface area (Å²) in [7, 11) is -3.76.